The molecular weight excluding hydrogens is 88.1 g/mol. The van der Waals surface area contributed by atoms with E-state index in [1.807, 2.05) is 6.92 Å². The van der Waals surface area contributed by atoms with Crippen LogP contribution in [0.2, 0.25) is 0 Å². The van der Waals surface area contributed by atoms with Gasteiger partial charge in [-0.25, -0.2) is 0 Å². The van der Waals surface area contributed by atoms with Crippen LogP contribution in [0.1, 0.15) is 6.92 Å². The zero-order valence-corrected chi connectivity index (χ0v) is 4.78. The van der Waals surface area contributed by atoms with Crippen molar-refractivity contribution in [2.24, 2.45) is 5.73 Å². The number of hydrogen-bond acceptors (Lipinski definition) is 2. The summed E-state index contributed by atoms with van der Waals surface area (Å²) >= 11 is 0. The Kier molecular flexibility index (Phi) is 4.04. The molecule has 0 heterocycles. The monoisotopic (exact) mass is 101 g/mol. The molecule has 0 amide bonds. The highest BCUT2D eigenvalue weighted by atomic mass is 14.9. The van der Waals surface area contributed by atoms with Crippen molar-refractivity contribution in [3.8, 4) is 0 Å². The van der Waals surface area contributed by atoms with Crippen molar-refractivity contribution in [2.45, 2.75) is 13.0 Å². The Bertz CT molecular complexity index is 35.1. The minimum Gasteiger partial charge on any atom is -0.327 e. The van der Waals surface area contributed by atoms with Gasteiger partial charge in [-0.2, -0.15) is 0 Å². The molecule has 0 aromatic rings. The highest BCUT2D eigenvalue weighted by Crippen LogP contribution is 1.65. The summed E-state index contributed by atoms with van der Waals surface area (Å²) in [6.07, 6.45) is 0. The highest BCUT2D eigenvalue weighted by molar-refractivity contribution is 4.64. The fourth-order valence-corrected chi connectivity index (χ4v) is 0.330. The molecule has 0 saturated heterocycles. The van der Waals surface area contributed by atoms with Crippen LogP contribution in [0.5, 0.6) is 0 Å². The van der Waals surface area contributed by atoms with Crippen molar-refractivity contribution in [2.75, 3.05) is 13.1 Å². The maximum absolute atomic E-state index is 5.30. The first kappa shape index (κ1) is 6.92. The predicted octanol–water partition coefficient (Wildman–Crippen LogP) is -0.243. The van der Waals surface area contributed by atoms with Gasteiger partial charge >= 0.3 is 0 Å². The lowest BCUT2D eigenvalue weighted by Gasteiger charge is -2.02. The largest absolute Gasteiger partial charge is 0.327 e. The number of rotatable bonds is 3. The smallest absolute Gasteiger partial charge is 0.0165 e. The van der Waals surface area contributed by atoms with Crippen LogP contribution in [0.4, 0.5) is 0 Å². The average molecular weight is 101 g/mol. The van der Waals surface area contributed by atoms with E-state index in [2.05, 4.69) is 12.2 Å². The van der Waals surface area contributed by atoms with Gasteiger partial charge in [0.1, 0.15) is 0 Å². The minimum absolute atomic E-state index is 0.0416. The second-order valence-corrected chi connectivity index (χ2v) is 1.57. The molecule has 0 saturated carbocycles. The zero-order valence-electron chi connectivity index (χ0n) is 4.78. The summed E-state index contributed by atoms with van der Waals surface area (Å²) in [5.41, 5.74) is 5.30. The molecule has 0 aromatic heterocycles. The molecule has 0 aliphatic carbocycles. The van der Waals surface area contributed by atoms with E-state index in [0.717, 1.165) is 13.1 Å². The summed E-state index contributed by atoms with van der Waals surface area (Å²) in [5, 5.41) is 3.06. The van der Waals surface area contributed by atoms with Gasteiger partial charge in [0.05, 0.1) is 0 Å². The van der Waals surface area contributed by atoms with Gasteiger partial charge in [0.15, 0.2) is 0 Å². The topological polar surface area (TPSA) is 38.0 Å². The normalized spacial score (nSPS) is 14.1. The molecule has 43 valence electrons. The van der Waals surface area contributed by atoms with Gasteiger partial charge in [0.2, 0.25) is 0 Å². The van der Waals surface area contributed by atoms with Crippen LogP contribution < -0.4 is 11.1 Å². The van der Waals surface area contributed by atoms with Crippen LogP contribution in [-0.4, -0.2) is 19.1 Å². The Morgan fingerprint density at radius 2 is 2.43 bits per heavy atom. The van der Waals surface area contributed by atoms with Gasteiger partial charge in [-0.05, 0) is 13.5 Å². The SMILES string of the molecule is [CH2]C(N)CNCC. The van der Waals surface area contributed by atoms with Crippen LogP contribution in [0, 0.1) is 6.92 Å². The Hall–Kier alpha value is -0.0800. The molecule has 0 aliphatic heterocycles. The number of nitrogens with two attached hydrogens (primary N) is 1. The van der Waals surface area contributed by atoms with Crippen molar-refractivity contribution in [1.82, 2.24) is 5.32 Å². The summed E-state index contributed by atoms with van der Waals surface area (Å²) in [6.45, 7) is 7.43. The van der Waals surface area contributed by atoms with Gasteiger partial charge in [-0.3, -0.25) is 0 Å². The van der Waals surface area contributed by atoms with Gasteiger partial charge < -0.3 is 11.1 Å². The van der Waals surface area contributed by atoms with E-state index < -0.39 is 0 Å². The van der Waals surface area contributed by atoms with E-state index in [1.54, 1.807) is 0 Å². The van der Waals surface area contributed by atoms with E-state index in [0.29, 0.717) is 0 Å². The summed E-state index contributed by atoms with van der Waals surface area (Å²) in [6, 6.07) is 0.0416. The molecular formula is C5H13N2. The lowest BCUT2D eigenvalue weighted by molar-refractivity contribution is 0.660. The summed E-state index contributed by atoms with van der Waals surface area (Å²) in [7, 11) is 0. The first-order chi connectivity index (χ1) is 3.27. The lowest BCUT2D eigenvalue weighted by Crippen LogP contribution is -2.30. The van der Waals surface area contributed by atoms with Crippen molar-refractivity contribution in [1.29, 1.82) is 0 Å². The van der Waals surface area contributed by atoms with E-state index in [9.17, 15) is 0 Å². The third-order valence-electron chi connectivity index (χ3n) is 0.657. The van der Waals surface area contributed by atoms with Crippen LogP contribution in [-0.2, 0) is 0 Å². The molecule has 1 radical (unpaired) electrons. The third kappa shape index (κ3) is 5.92. The van der Waals surface area contributed by atoms with Crippen molar-refractivity contribution in [3.63, 3.8) is 0 Å². The first-order valence-electron chi connectivity index (χ1n) is 2.56. The molecule has 2 heteroatoms. The summed E-state index contributed by atoms with van der Waals surface area (Å²) in [5.74, 6) is 0. The van der Waals surface area contributed by atoms with Gasteiger partial charge in [-0.1, -0.05) is 6.92 Å². The minimum atomic E-state index is 0.0416. The molecule has 1 atom stereocenters. The fourth-order valence-electron chi connectivity index (χ4n) is 0.330. The maximum atomic E-state index is 5.30. The van der Waals surface area contributed by atoms with E-state index >= 15 is 0 Å². The Morgan fingerprint density at radius 1 is 1.86 bits per heavy atom. The molecule has 0 fully saturated rings. The quantitative estimate of drug-likeness (QED) is 0.515. The molecule has 1 unspecified atom stereocenters. The van der Waals surface area contributed by atoms with Gasteiger partial charge in [-0.15, -0.1) is 0 Å². The van der Waals surface area contributed by atoms with Crippen molar-refractivity contribution in [3.05, 3.63) is 6.92 Å². The number of hydrogen-bond donors (Lipinski definition) is 2. The molecule has 2 nitrogen and oxygen atoms in total. The second-order valence-electron chi connectivity index (χ2n) is 1.57. The van der Waals surface area contributed by atoms with E-state index in [-0.39, 0.29) is 6.04 Å². The molecule has 0 spiro atoms. The standard InChI is InChI=1S/C5H13N2/c1-3-7-4-5(2)6/h5,7H,2-4,6H2,1H3. The van der Waals surface area contributed by atoms with Gasteiger partial charge in [0.25, 0.3) is 0 Å². The van der Waals surface area contributed by atoms with Crippen LogP contribution in [0.25, 0.3) is 0 Å². The average Bonchev–Trinajstić information content (AvgIpc) is 1.61. The summed E-state index contributed by atoms with van der Waals surface area (Å²) < 4.78 is 0. The molecule has 0 aromatic carbocycles. The fraction of sp³-hybridized carbons (Fsp3) is 0.800. The van der Waals surface area contributed by atoms with Crippen LogP contribution in [0.15, 0.2) is 0 Å². The van der Waals surface area contributed by atoms with Gasteiger partial charge in [0, 0.05) is 12.6 Å². The molecule has 0 aliphatic rings. The Morgan fingerprint density at radius 3 is 2.57 bits per heavy atom. The maximum Gasteiger partial charge on any atom is 0.0165 e. The highest BCUT2D eigenvalue weighted by Gasteiger charge is 1.87. The van der Waals surface area contributed by atoms with Crippen LogP contribution in [0.3, 0.4) is 0 Å². The Labute approximate surface area is 45.1 Å². The number of nitrogens with one attached hydrogen (secondary N) is 1. The first-order valence-corrected chi connectivity index (χ1v) is 2.56. The molecule has 0 rings (SSSR count). The van der Waals surface area contributed by atoms with E-state index in [4.69, 9.17) is 5.73 Å². The van der Waals surface area contributed by atoms with E-state index in [1.165, 1.54) is 0 Å². The summed E-state index contributed by atoms with van der Waals surface area (Å²) in [4.78, 5) is 0. The number of likely N-dealkylation sites (N-methyl/N-ethyl adjacent to an activating group) is 1. The molecule has 7 heavy (non-hydrogen) atoms. The Balaban J connectivity index is 2.68. The zero-order chi connectivity index (χ0) is 5.70. The molecule has 0 bridgehead atoms. The lowest BCUT2D eigenvalue weighted by atomic mass is 10.4. The predicted molar refractivity (Wildman–Crippen MR) is 31.9 cm³/mol. The van der Waals surface area contributed by atoms with Crippen molar-refractivity contribution < 1.29 is 0 Å². The van der Waals surface area contributed by atoms with Crippen molar-refractivity contribution >= 4 is 0 Å². The second kappa shape index (κ2) is 4.09. The van der Waals surface area contributed by atoms with Crippen LogP contribution >= 0.6 is 0 Å². The molecule has 3 N–H and O–H groups in total. The third-order valence-corrected chi connectivity index (χ3v) is 0.657.